The molecule has 0 fully saturated rings. The number of hydrogen-bond donors (Lipinski definition) is 2. The van der Waals surface area contributed by atoms with E-state index in [1.807, 2.05) is 36.4 Å². The van der Waals surface area contributed by atoms with Crippen LogP contribution in [0.4, 0.5) is 0 Å². The van der Waals surface area contributed by atoms with Crippen LogP contribution in [0.5, 0.6) is 11.5 Å². The summed E-state index contributed by atoms with van der Waals surface area (Å²) in [5.41, 5.74) is 10.4. The lowest BCUT2D eigenvalue weighted by Crippen LogP contribution is -2.52. The first-order valence-corrected chi connectivity index (χ1v) is 9.42. The normalized spacial score (nSPS) is 18.4. The van der Waals surface area contributed by atoms with Gasteiger partial charge in [0.05, 0.1) is 0 Å². The van der Waals surface area contributed by atoms with Gasteiger partial charge in [0.2, 0.25) is 0 Å². The number of ether oxygens (including phenoxy) is 1. The smallest absolute Gasteiger partial charge is 0.324 e. The van der Waals surface area contributed by atoms with Crippen molar-refractivity contribution in [1.29, 1.82) is 0 Å². The molecule has 0 aliphatic heterocycles. The van der Waals surface area contributed by atoms with E-state index in [4.69, 9.17) is 10.5 Å². The lowest BCUT2D eigenvalue weighted by atomic mass is 9.78. The molecule has 3 aromatic carbocycles. The second-order valence-electron chi connectivity index (χ2n) is 7.56. The average Bonchev–Trinajstić information content (AvgIpc) is 2.68. The van der Waals surface area contributed by atoms with E-state index in [0.29, 0.717) is 25.0 Å². The lowest BCUT2D eigenvalue weighted by Gasteiger charge is -2.31. The van der Waals surface area contributed by atoms with E-state index in [2.05, 4.69) is 37.3 Å². The van der Waals surface area contributed by atoms with E-state index in [-0.39, 0.29) is 0 Å². The molecule has 0 bridgehead atoms. The fraction of sp³-hybridized carbons (Fsp3) is 0.208. The van der Waals surface area contributed by atoms with E-state index in [1.165, 1.54) is 5.56 Å². The molecule has 142 valence electrons. The molecule has 0 amide bonds. The van der Waals surface area contributed by atoms with Gasteiger partial charge in [0.25, 0.3) is 0 Å². The van der Waals surface area contributed by atoms with E-state index in [9.17, 15) is 9.90 Å². The number of carbonyl (C=O) groups is 1. The van der Waals surface area contributed by atoms with Crippen LogP contribution in [0.3, 0.4) is 0 Å². The Bertz CT molecular complexity index is 1030. The van der Waals surface area contributed by atoms with Crippen LogP contribution < -0.4 is 10.5 Å². The van der Waals surface area contributed by atoms with Gasteiger partial charge in [-0.1, -0.05) is 48.0 Å². The van der Waals surface area contributed by atoms with Crippen LogP contribution in [-0.4, -0.2) is 16.6 Å². The maximum absolute atomic E-state index is 11.5. The summed E-state index contributed by atoms with van der Waals surface area (Å²) in [6, 6.07) is 22.2. The first-order chi connectivity index (χ1) is 13.4. The molecule has 0 saturated heterocycles. The molecular formula is C24H23NO3. The number of fused-ring (bicyclic) bond motifs is 1. The quantitative estimate of drug-likeness (QED) is 0.694. The van der Waals surface area contributed by atoms with E-state index in [0.717, 1.165) is 28.0 Å². The fourth-order valence-corrected chi connectivity index (χ4v) is 3.66. The minimum absolute atomic E-state index is 0.318. The van der Waals surface area contributed by atoms with Gasteiger partial charge in [0.1, 0.15) is 17.0 Å². The van der Waals surface area contributed by atoms with E-state index >= 15 is 0 Å². The Balaban J connectivity index is 1.58. The highest BCUT2D eigenvalue weighted by molar-refractivity contribution is 5.79. The maximum atomic E-state index is 11.5. The molecule has 1 aliphatic carbocycles. The summed E-state index contributed by atoms with van der Waals surface area (Å²) in [6.45, 7) is 2.07. The van der Waals surface area contributed by atoms with E-state index in [1.54, 1.807) is 0 Å². The Labute approximate surface area is 164 Å². The first-order valence-electron chi connectivity index (χ1n) is 9.42. The molecule has 3 N–H and O–H groups in total. The number of hydrogen-bond acceptors (Lipinski definition) is 3. The molecule has 4 heteroatoms. The van der Waals surface area contributed by atoms with Crippen molar-refractivity contribution in [2.45, 2.75) is 31.7 Å². The number of rotatable bonds is 4. The van der Waals surface area contributed by atoms with Crippen LogP contribution in [0.25, 0.3) is 11.1 Å². The van der Waals surface area contributed by atoms with E-state index < -0.39 is 11.5 Å². The Kier molecular flexibility index (Phi) is 4.65. The summed E-state index contributed by atoms with van der Waals surface area (Å²) in [5, 5.41) is 9.43. The molecule has 28 heavy (non-hydrogen) atoms. The third kappa shape index (κ3) is 3.64. The lowest BCUT2D eigenvalue weighted by molar-refractivity contribution is -0.143. The van der Waals surface area contributed by atoms with Crippen LogP contribution in [0.15, 0.2) is 66.7 Å². The summed E-state index contributed by atoms with van der Waals surface area (Å²) in [6.07, 6.45) is 1.44. The van der Waals surface area contributed by atoms with Gasteiger partial charge in [-0.3, -0.25) is 4.79 Å². The molecule has 0 heterocycles. The molecular weight excluding hydrogens is 350 g/mol. The van der Waals surface area contributed by atoms with Crippen LogP contribution in [0.1, 0.15) is 23.1 Å². The number of aliphatic carboxylic acids is 1. The van der Waals surface area contributed by atoms with Crippen LogP contribution >= 0.6 is 0 Å². The van der Waals surface area contributed by atoms with Gasteiger partial charge >= 0.3 is 5.97 Å². The zero-order chi connectivity index (χ0) is 19.7. The van der Waals surface area contributed by atoms with Crippen molar-refractivity contribution in [3.8, 4) is 22.6 Å². The average molecular weight is 373 g/mol. The minimum Gasteiger partial charge on any atom is -0.480 e. The zero-order valence-corrected chi connectivity index (χ0v) is 15.8. The molecule has 4 nitrogen and oxygen atoms in total. The van der Waals surface area contributed by atoms with Crippen LogP contribution in [0, 0.1) is 6.92 Å². The molecule has 4 rings (SSSR count). The standard InChI is InChI=1S/C24H23NO3/c1-16-5-7-17(8-6-16)19-3-2-4-21(13-19)28-22-10-9-18-11-12-24(25,23(26)27)15-20(18)14-22/h2-10,13-14H,11-12,15,25H2,1H3,(H,26,27). The third-order valence-electron chi connectivity index (χ3n) is 5.40. The summed E-state index contributed by atoms with van der Waals surface area (Å²) in [5.74, 6) is 0.482. The van der Waals surface area contributed by atoms with Gasteiger partial charge in [0, 0.05) is 6.42 Å². The number of benzene rings is 3. The van der Waals surface area contributed by atoms with Crippen molar-refractivity contribution in [1.82, 2.24) is 0 Å². The predicted octanol–water partition coefficient (Wildman–Crippen LogP) is 4.73. The monoisotopic (exact) mass is 373 g/mol. The molecule has 0 spiro atoms. The summed E-state index contributed by atoms with van der Waals surface area (Å²) in [4.78, 5) is 11.5. The maximum Gasteiger partial charge on any atom is 0.324 e. The van der Waals surface area contributed by atoms with Crippen molar-refractivity contribution in [3.05, 3.63) is 83.4 Å². The number of aryl methyl sites for hydroxylation is 2. The number of carboxylic acids is 1. The summed E-state index contributed by atoms with van der Waals surface area (Å²) >= 11 is 0. The first kappa shape index (κ1) is 18.3. The Morgan fingerprint density at radius 1 is 0.964 bits per heavy atom. The van der Waals surface area contributed by atoms with Crippen LogP contribution in [0.2, 0.25) is 0 Å². The third-order valence-corrected chi connectivity index (χ3v) is 5.40. The number of carboxylic acid groups (broad SMARTS) is 1. The zero-order valence-electron chi connectivity index (χ0n) is 15.8. The molecule has 3 aromatic rings. The fourth-order valence-electron chi connectivity index (χ4n) is 3.66. The summed E-state index contributed by atoms with van der Waals surface area (Å²) < 4.78 is 6.07. The topological polar surface area (TPSA) is 72.5 Å². The van der Waals surface area contributed by atoms with Crippen molar-refractivity contribution in [2.75, 3.05) is 0 Å². The van der Waals surface area contributed by atoms with Crippen molar-refractivity contribution < 1.29 is 14.6 Å². The van der Waals surface area contributed by atoms with Crippen molar-refractivity contribution >= 4 is 5.97 Å². The Hall–Kier alpha value is -3.11. The molecule has 0 saturated carbocycles. The molecule has 1 unspecified atom stereocenters. The Morgan fingerprint density at radius 3 is 2.46 bits per heavy atom. The second kappa shape index (κ2) is 7.13. The van der Waals surface area contributed by atoms with Gasteiger partial charge < -0.3 is 15.6 Å². The highest BCUT2D eigenvalue weighted by atomic mass is 16.5. The van der Waals surface area contributed by atoms with Crippen LogP contribution in [-0.2, 0) is 17.6 Å². The van der Waals surface area contributed by atoms with Gasteiger partial charge in [-0.15, -0.1) is 0 Å². The molecule has 0 radical (unpaired) electrons. The van der Waals surface area contributed by atoms with Gasteiger partial charge in [-0.2, -0.15) is 0 Å². The van der Waals surface area contributed by atoms with Gasteiger partial charge in [-0.05, 0) is 66.3 Å². The van der Waals surface area contributed by atoms with Gasteiger partial charge in [0.15, 0.2) is 0 Å². The largest absolute Gasteiger partial charge is 0.480 e. The highest BCUT2D eigenvalue weighted by Gasteiger charge is 2.37. The van der Waals surface area contributed by atoms with Gasteiger partial charge in [-0.25, -0.2) is 0 Å². The second-order valence-corrected chi connectivity index (χ2v) is 7.56. The van der Waals surface area contributed by atoms with Crippen molar-refractivity contribution in [2.24, 2.45) is 5.73 Å². The number of nitrogens with two attached hydrogens (primary N) is 1. The molecule has 1 aliphatic rings. The van der Waals surface area contributed by atoms with Crippen molar-refractivity contribution in [3.63, 3.8) is 0 Å². The molecule has 0 aromatic heterocycles. The highest BCUT2D eigenvalue weighted by Crippen LogP contribution is 2.33. The minimum atomic E-state index is -1.20. The summed E-state index contributed by atoms with van der Waals surface area (Å²) in [7, 11) is 0. The molecule has 1 atom stereocenters. The SMILES string of the molecule is Cc1ccc(-c2cccc(Oc3ccc4c(c3)CC(N)(C(=O)O)CC4)c2)cc1. The Morgan fingerprint density at radius 2 is 1.71 bits per heavy atom. The predicted molar refractivity (Wildman–Crippen MR) is 110 cm³/mol.